The average molecular weight is 326 g/mol. The zero-order chi connectivity index (χ0) is 16.9. The number of nitrogens with one attached hydrogen (secondary N) is 1. The van der Waals surface area contributed by atoms with Crippen molar-refractivity contribution in [2.75, 3.05) is 5.32 Å². The summed E-state index contributed by atoms with van der Waals surface area (Å²) in [6.07, 6.45) is 3.74. The number of pyridine rings is 1. The Balaban J connectivity index is 1.56. The number of aromatic nitrogens is 3. The summed E-state index contributed by atoms with van der Waals surface area (Å²) in [6.45, 7) is 1.66. The lowest BCUT2D eigenvalue weighted by Gasteiger charge is -2.05. The lowest BCUT2D eigenvalue weighted by atomic mass is 10.2. The summed E-state index contributed by atoms with van der Waals surface area (Å²) in [6, 6.07) is 8.11. The summed E-state index contributed by atoms with van der Waals surface area (Å²) in [5, 5.41) is 6.52. The standard InChI is InChI=1S/C17H15FN4O2/c1-11-2-3-13(10-14(11)18)20-15(23)4-5-16-21-17(22-24-16)12-6-8-19-9-7-12/h2-3,6-10H,4-5H2,1H3,(H,20,23). The van der Waals surface area contributed by atoms with Crippen molar-refractivity contribution in [1.29, 1.82) is 0 Å². The highest BCUT2D eigenvalue weighted by molar-refractivity contribution is 5.90. The molecule has 0 saturated carbocycles. The molecule has 0 saturated heterocycles. The van der Waals surface area contributed by atoms with Crippen LogP contribution in [0.5, 0.6) is 0 Å². The zero-order valence-electron chi connectivity index (χ0n) is 13.0. The molecule has 1 aromatic carbocycles. The van der Waals surface area contributed by atoms with Gasteiger partial charge in [-0.1, -0.05) is 11.2 Å². The van der Waals surface area contributed by atoms with E-state index in [1.54, 1.807) is 43.6 Å². The maximum absolute atomic E-state index is 13.5. The molecule has 3 rings (SSSR count). The summed E-state index contributed by atoms with van der Waals surface area (Å²) in [5.41, 5.74) is 1.74. The number of rotatable bonds is 5. The van der Waals surface area contributed by atoms with Crippen molar-refractivity contribution in [3.8, 4) is 11.4 Å². The quantitative estimate of drug-likeness (QED) is 0.779. The predicted octanol–water partition coefficient (Wildman–Crippen LogP) is 3.15. The third-order valence-corrected chi connectivity index (χ3v) is 3.43. The minimum Gasteiger partial charge on any atom is -0.339 e. The number of carbonyl (C=O) groups is 1. The Morgan fingerprint density at radius 1 is 1.25 bits per heavy atom. The number of hydrogen-bond acceptors (Lipinski definition) is 5. The Labute approximate surface area is 137 Å². The van der Waals surface area contributed by atoms with Gasteiger partial charge in [-0.05, 0) is 36.8 Å². The van der Waals surface area contributed by atoms with Gasteiger partial charge in [-0.25, -0.2) is 4.39 Å². The monoisotopic (exact) mass is 326 g/mol. The number of amides is 1. The molecule has 0 atom stereocenters. The molecule has 0 aliphatic carbocycles. The number of aryl methyl sites for hydroxylation is 2. The van der Waals surface area contributed by atoms with Gasteiger partial charge in [-0.3, -0.25) is 9.78 Å². The summed E-state index contributed by atoms with van der Waals surface area (Å²) >= 11 is 0. The van der Waals surface area contributed by atoms with Crippen LogP contribution in [0, 0.1) is 12.7 Å². The van der Waals surface area contributed by atoms with Crippen LogP contribution in [-0.2, 0) is 11.2 Å². The van der Waals surface area contributed by atoms with Crippen molar-refractivity contribution in [3.63, 3.8) is 0 Å². The van der Waals surface area contributed by atoms with Crippen LogP contribution in [0.25, 0.3) is 11.4 Å². The van der Waals surface area contributed by atoms with E-state index in [4.69, 9.17) is 4.52 Å². The molecule has 122 valence electrons. The van der Waals surface area contributed by atoms with Gasteiger partial charge in [-0.2, -0.15) is 4.98 Å². The van der Waals surface area contributed by atoms with Crippen molar-refractivity contribution in [3.05, 3.63) is 60.0 Å². The van der Waals surface area contributed by atoms with E-state index in [1.165, 1.54) is 6.07 Å². The maximum atomic E-state index is 13.5. The lowest BCUT2D eigenvalue weighted by molar-refractivity contribution is -0.116. The maximum Gasteiger partial charge on any atom is 0.227 e. The van der Waals surface area contributed by atoms with Crippen molar-refractivity contribution in [2.45, 2.75) is 19.8 Å². The molecule has 6 nitrogen and oxygen atoms in total. The number of nitrogens with zero attached hydrogens (tertiary/aromatic N) is 3. The number of benzene rings is 1. The largest absolute Gasteiger partial charge is 0.339 e. The molecule has 3 aromatic rings. The molecule has 0 fully saturated rings. The first-order valence-corrected chi connectivity index (χ1v) is 7.41. The van der Waals surface area contributed by atoms with Crippen LogP contribution in [0.1, 0.15) is 17.9 Å². The van der Waals surface area contributed by atoms with Gasteiger partial charge in [0.1, 0.15) is 5.82 Å². The smallest absolute Gasteiger partial charge is 0.227 e. The molecule has 7 heteroatoms. The lowest BCUT2D eigenvalue weighted by Crippen LogP contribution is -2.12. The number of carbonyl (C=O) groups excluding carboxylic acids is 1. The highest BCUT2D eigenvalue weighted by Gasteiger charge is 2.11. The highest BCUT2D eigenvalue weighted by atomic mass is 19.1. The Bertz CT molecular complexity index is 849. The SMILES string of the molecule is Cc1ccc(NC(=O)CCc2nc(-c3ccncc3)no2)cc1F. The molecule has 1 amide bonds. The minimum atomic E-state index is -0.355. The van der Waals surface area contributed by atoms with Crippen LogP contribution in [0.2, 0.25) is 0 Å². The Morgan fingerprint density at radius 2 is 2.04 bits per heavy atom. The molecule has 0 aliphatic rings. The molecule has 0 unspecified atom stereocenters. The van der Waals surface area contributed by atoms with Crippen LogP contribution >= 0.6 is 0 Å². The molecule has 2 aromatic heterocycles. The van der Waals surface area contributed by atoms with Gasteiger partial charge in [0.2, 0.25) is 17.6 Å². The topological polar surface area (TPSA) is 80.9 Å². The zero-order valence-corrected chi connectivity index (χ0v) is 13.0. The fraction of sp³-hybridized carbons (Fsp3) is 0.176. The van der Waals surface area contributed by atoms with Crippen molar-refractivity contribution in [1.82, 2.24) is 15.1 Å². The van der Waals surface area contributed by atoms with Crippen molar-refractivity contribution in [2.24, 2.45) is 0 Å². The van der Waals surface area contributed by atoms with E-state index in [0.717, 1.165) is 5.56 Å². The van der Waals surface area contributed by atoms with Crippen LogP contribution in [0.4, 0.5) is 10.1 Å². The van der Waals surface area contributed by atoms with Crippen molar-refractivity contribution < 1.29 is 13.7 Å². The molecule has 0 spiro atoms. The Hall–Kier alpha value is -3.09. The first kappa shape index (κ1) is 15.8. The third kappa shape index (κ3) is 3.81. The molecule has 1 N–H and O–H groups in total. The summed E-state index contributed by atoms with van der Waals surface area (Å²) < 4.78 is 18.6. The fourth-order valence-electron chi connectivity index (χ4n) is 2.09. The van der Waals surface area contributed by atoms with Gasteiger partial charge in [-0.15, -0.1) is 0 Å². The normalized spacial score (nSPS) is 10.6. The van der Waals surface area contributed by atoms with E-state index in [2.05, 4.69) is 20.4 Å². The molecule has 24 heavy (non-hydrogen) atoms. The predicted molar refractivity (Wildman–Crippen MR) is 85.6 cm³/mol. The van der Waals surface area contributed by atoms with Gasteiger partial charge in [0.05, 0.1) is 0 Å². The Kier molecular flexibility index (Phi) is 4.60. The van der Waals surface area contributed by atoms with Gasteiger partial charge in [0, 0.05) is 36.5 Å². The second-order valence-corrected chi connectivity index (χ2v) is 5.26. The number of anilines is 1. The van der Waals surface area contributed by atoms with Gasteiger partial charge in [0.25, 0.3) is 0 Å². The number of halogens is 1. The van der Waals surface area contributed by atoms with Crippen LogP contribution in [-0.4, -0.2) is 21.0 Å². The summed E-state index contributed by atoms with van der Waals surface area (Å²) in [5.74, 6) is 0.217. The van der Waals surface area contributed by atoms with Gasteiger partial charge in [0.15, 0.2) is 0 Å². The fourth-order valence-corrected chi connectivity index (χ4v) is 2.09. The summed E-state index contributed by atoms with van der Waals surface area (Å²) in [7, 11) is 0. The second-order valence-electron chi connectivity index (χ2n) is 5.26. The van der Waals surface area contributed by atoms with Crippen LogP contribution in [0.3, 0.4) is 0 Å². The van der Waals surface area contributed by atoms with Gasteiger partial charge >= 0.3 is 0 Å². The van der Waals surface area contributed by atoms with Crippen LogP contribution < -0.4 is 5.32 Å². The first-order valence-electron chi connectivity index (χ1n) is 7.41. The third-order valence-electron chi connectivity index (χ3n) is 3.43. The first-order chi connectivity index (χ1) is 11.6. The van der Waals surface area contributed by atoms with E-state index in [0.29, 0.717) is 29.4 Å². The second kappa shape index (κ2) is 6.99. The molecule has 2 heterocycles. The van der Waals surface area contributed by atoms with E-state index in [-0.39, 0.29) is 18.1 Å². The van der Waals surface area contributed by atoms with E-state index in [1.807, 2.05) is 0 Å². The summed E-state index contributed by atoms with van der Waals surface area (Å²) in [4.78, 5) is 20.1. The van der Waals surface area contributed by atoms with E-state index < -0.39 is 0 Å². The average Bonchev–Trinajstić information content (AvgIpc) is 3.06. The van der Waals surface area contributed by atoms with Crippen molar-refractivity contribution >= 4 is 11.6 Å². The highest BCUT2D eigenvalue weighted by Crippen LogP contribution is 2.16. The molecule has 0 aliphatic heterocycles. The Morgan fingerprint density at radius 3 is 2.79 bits per heavy atom. The van der Waals surface area contributed by atoms with Crippen LogP contribution in [0.15, 0.2) is 47.2 Å². The molecule has 0 bridgehead atoms. The molecular formula is C17H15FN4O2. The van der Waals surface area contributed by atoms with E-state index >= 15 is 0 Å². The molecular weight excluding hydrogens is 311 g/mol. The van der Waals surface area contributed by atoms with Gasteiger partial charge < -0.3 is 9.84 Å². The minimum absolute atomic E-state index is 0.160. The number of hydrogen-bond donors (Lipinski definition) is 1. The van der Waals surface area contributed by atoms with E-state index in [9.17, 15) is 9.18 Å². The molecule has 0 radical (unpaired) electrons.